The SMILES string of the molecule is O=S(=O)([O-])C1(Cc2ccccc2)O[C@H](CO)[C@](O)(Cc2ccccc2)[C@@](O)(Cc2ccccc2)[C@]1(O)Cc1ccccc1.[Na+]. The fourth-order valence-corrected chi connectivity index (χ4v) is 7.72. The van der Waals surface area contributed by atoms with E-state index in [1.165, 1.54) is 0 Å². The van der Waals surface area contributed by atoms with E-state index in [4.69, 9.17) is 4.74 Å². The smallest absolute Gasteiger partial charge is 0.746 e. The zero-order chi connectivity index (χ0) is 30.8. The average Bonchev–Trinajstić information content (AvgIpc) is 2.99. The molecule has 0 aromatic heterocycles. The Labute approximate surface area is 280 Å². The number of hydrogen-bond acceptors (Lipinski definition) is 8. The van der Waals surface area contributed by atoms with Crippen molar-refractivity contribution in [2.75, 3.05) is 6.61 Å². The van der Waals surface area contributed by atoms with E-state index in [1.807, 2.05) is 0 Å². The Morgan fingerprint density at radius 1 is 0.591 bits per heavy atom. The molecule has 1 heterocycles. The molecule has 226 valence electrons. The summed E-state index contributed by atoms with van der Waals surface area (Å²) in [7, 11) is -5.65. The van der Waals surface area contributed by atoms with Gasteiger partial charge in [-0.1, -0.05) is 121 Å². The summed E-state index contributed by atoms with van der Waals surface area (Å²) >= 11 is 0. The van der Waals surface area contributed by atoms with Crippen molar-refractivity contribution in [3.63, 3.8) is 0 Å². The van der Waals surface area contributed by atoms with Crippen LogP contribution in [0.5, 0.6) is 0 Å². The first-order valence-electron chi connectivity index (χ1n) is 14.0. The minimum atomic E-state index is -5.65. The van der Waals surface area contributed by atoms with Crippen LogP contribution in [-0.4, -0.2) is 67.8 Å². The van der Waals surface area contributed by atoms with Crippen LogP contribution in [-0.2, 0) is 40.5 Å². The van der Waals surface area contributed by atoms with Crippen molar-refractivity contribution in [1.29, 1.82) is 0 Å². The second-order valence-corrected chi connectivity index (χ2v) is 12.9. The zero-order valence-electron chi connectivity index (χ0n) is 24.5. The summed E-state index contributed by atoms with van der Waals surface area (Å²) in [6, 6.07) is 33.6. The van der Waals surface area contributed by atoms with Crippen molar-refractivity contribution in [3.8, 4) is 0 Å². The molecule has 4 N–H and O–H groups in total. The number of benzene rings is 4. The van der Waals surface area contributed by atoms with Crippen LogP contribution in [0.1, 0.15) is 22.3 Å². The van der Waals surface area contributed by atoms with Gasteiger partial charge in [-0.2, -0.15) is 0 Å². The van der Waals surface area contributed by atoms with E-state index < -0.39 is 63.8 Å². The number of rotatable bonds is 10. The molecule has 1 aliphatic rings. The van der Waals surface area contributed by atoms with Gasteiger partial charge in [0.25, 0.3) is 0 Å². The Kier molecular flexibility index (Phi) is 10.6. The first kappa shape index (κ1) is 34.5. The molecule has 1 fully saturated rings. The molecule has 4 aromatic carbocycles. The maximum absolute atomic E-state index is 13.6. The predicted molar refractivity (Wildman–Crippen MR) is 160 cm³/mol. The van der Waals surface area contributed by atoms with Crippen LogP contribution >= 0.6 is 0 Å². The first-order valence-corrected chi connectivity index (χ1v) is 15.5. The molecule has 0 spiro atoms. The number of aliphatic hydroxyl groups is 4. The van der Waals surface area contributed by atoms with Gasteiger partial charge in [-0.3, -0.25) is 0 Å². The van der Waals surface area contributed by atoms with Gasteiger partial charge >= 0.3 is 29.6 Å². The summed E-state index contributed by atoms with van der Waals surface area (Å²) in [6.45, 7) is -0.950. The number of aliphatic hydroxyl groups excluding tert-OH is 1. The summed E-state index contributed by atoms with van der Waals surface area (Å²) in [5.41, 5.74) is -6.47. The average molecular weight is 627 g/mol. The van der Waals surface area contributed by atoms with Crippen molar-refractivity contribution in [2.24, 2.45) is 0 Å². The Hall–Kier alpha value is -2.41. The van der Waals surface area contributed by atoms with Crippen molar-refractivity contribution < 1.29 is 67.7 Å². The number of hydrogen-bond donors (Lipinski definition) is 4. The summed E-state index contributed by atoms with van der Waals surface area (Å²) < 4.78 is 46.8. The molecule has 8 nitrogen and oxygen atoms in total. The molecule has 0 saturated carbocycles. The van der Waals surface area contributed by atoms with Crippen LogP contribution in [0.2, 0.25) is 0 Å². The summed E-state index contributed by atoms with van der Waals surface area (Å²) in [5, 5.41) is 49.4. The molecule has 5 atom stereocenters. The molecule has 1 unspecified atom stereocenters. The number of ether oxygens (including phenoxy) is 1. The van der Waals surface area contributed by atoms with Crippen LogP contribution in [0.25, 0.3) is 0 Å². The molecule has 5 rings (SSSR count). The van der Waals surface area contributed by atoms with Crippen molar-refractivity contribution in [3.05, 3.63) is 144 Å². The van der Waals surface area contributed by atoms with Crippen molar-refractivity contribution in [1.82, 2.24) is 0 Å². The van der Waals surface area contributed by atoms with E-state index in [2.05, 4.69) is 0 Å². The molecule has 4 aromatic rings. The van der Waals surface area contributed by atoms with E-state index in [0.717, 1.165) is 0 Å². The molecule has 1 saturated heterocycles. The quantitative estimate of drug-likeness (QED) is 0.140. The summed E-state index contributed by atoms with van der Waals surface area (Å²) in [4.78, 5) is -3.03. The van der Waals surface area contributed by atoms with Gasteiger partial charge in [0, 0.05) is 25.7 Å². The Bertz CT molecular complexity index is 1610. The molecular formula is C34H35NaO8S. The third kappa shape index (κ3) is 6.07. The second kappa shape index (κ2) is 13.5. The zero-order valence-corrected chi connectivity index (χ0v) is 27.3. The largest absolute Gasteiger partial charge is 1.00 e. The van der Waals surface area contributed by atoms with Crippen LogP contribution in [0.15, 0.2) is 121 Å². The van der Waals surface area contributed by atoms with Gasteiger partial charge < -0.3 is 29.7 Å². The fraction of sp³-hybridized carbons (Fsp3) is 0.294. The fourth-order valence-electron chi connectivity index (χ4n) is 6.49. The third-order valence-electron chi connectivity index (χ3n) is 8.67. The Morgan fingerprint density at radius 2 is 0.932 bits per heavy atom. The van der Waals surface area contributed by atoms with Gasteiger partial charge in [0.05, 0.1) is 6.61 Å². The minimum absolute atomic E-state index is 0. The summed E-state index contributed by atoms with van der Waals surface area (Å²) in [6.07, 6.45) is -3.81. The van der Waals surface area contributed by atoms with E-state index in [0.29, 0.717) is 22.3 Å². The predicted octanol–water partition coefficient (Wildman–Crippen LogP) is -0.213. The molecule has 1 aliphatic heterocycles. The molecule has 0 aliphatic carbocycles. The minimum Gasteiger partial charge on any atom is -0.746 e. The van der Waals surface area contributed by atoms with E-state index in [1.54, 1.807) is 121 Å². The van der Waals surface area contributed by atoms with Gasteiger partial charge in [-0.05, 0) is 22.3 Å². The molecular weight excluding hydrogens is 591 g/mol. The second-order valence-electron chi connectivity index (χ2n) is 11.3. The normalized spacial score (nSPS) is 28.6. The molecule has 0 bridgehead atoms. The molecule has 0 radical (unpaired) electrons. The maximum Gasteiger partial charge on any atom is 1.00 e. The van der Waals surface area contributed by atoms with Gasteiger partial charge in [-0.25, -0.2) is 8.42 Å². The molecule has 10 heteroatoms. The van der Waals surface area contributed by atoms with E-state index in [-0.39, 0.29) is 36.0 Å². The van der Waals surface area contributed by atoms with Gasteiger partial charge in [0.2, 0.25) is 0 Å². The Morgan fingerprint density at radius 3 is 1.30 bits per heavy atom. The van der Waals surface area contributed by atoms with Gasteiger partial charge in [0.15, 0.2) is 4.93 Å². The van der Waals surface area contributed by atoms with Crippen LogP contribution in [0.3, 0.4) is 0 Å². The monoisotopic (exact) mass is 626 g/mol. The Balaban J connectivity index is 0.00000442. The van der Waals surface area contributed by atoms with E-state index >= 15 is 0 Å². The van der Waals surface area contributed by atoms with Crippen LogP contribution in [0, 0.1) is 0 Å². The van der Waals surface area contributed by atoms with E-state index in [9.17, 15) is 33.4 Å². The van der Waals surface area contributed by atoms with Gasteiger partial charge in [0.1, 0.15) is 33.0 Å². The maximum atomic E-state index is 13.6. The topological polar surface area (TPSA) is 147 Å². The van der Waals surface area contributed by atoms with Crippen molar-refractivity contribution in [2.45, 2.75) is 53.5 Å². The molecule has 0 amide bonds. The molecule has 44 heavy (non-hydrogen) atoms. The van der Waals surface area contributed by atoms with Crippen molar-refractivity contribution >= 4 is 10.1 Å². The van der Waals surface area contributed by atoms with Crippen LogP contribution in [0.4, 0.5) is 0 Å². The van der Waals surface area contributed by atoms with Crippen LogP contribution < -0.4 is 29.6 Å². The van der Waals surface area contributed by atoms with Gasteiger partial charge in [-0.15, -0.1) is 0 Å². The summed E-state index contributed by atoms with van der Waals surface area (Å²) in [5.74, 6) is 0. The third-order valence-corrected chi connectivity index (χ3v) is 10.1. The standard InChI is InChI=1S/C34H36O8S.Na/c35-25-30-31(36,21-26-13-5-1-6-14-26)32(37,22-27-15-7-2-8-16-27)33(38,23-28-17-9-3-10-18-28)34(42-30,43(39,40)41)24-29-19-11-4-12-20-29;/h1-20,30,35-38H,21-25H2,(H,39,40,41);/q;+1/p-1/t30-,31-,32+,33-,34?;/m1./s1. The first-order chi connectivity index (χ1) is 20.5.